The number of ether oxygens (including phenoxy) is 2. The van der Waals surface area contributed by atoms with E-state index in [0.29, 0.717) is 34.6 Å². The van der Waals surface area contributed by atoms with Gasteiger partial charge in [-0.2, -0.15) is 4.98 Å². The fourth-order valence-electron chi connectivity index (χ4n) is 3.34. The molecule has 3 aromatic rings. The third-order valence-electron chi connectivity index (χ3n) is 4.84. The standard InChI is InChI=1S/C21H20ClN3O4/c1-27-14-8-10-15(11-9-14)28-13-19(26)25-12-4-7-18(25)21-23-20(24-29-21)16-5-2-3-6-17(16)22/h2-3,5-6,8-11,18H,4,7,12-13H2,1H3. The predicted octanol–water partition coefficient (Wildman–Crippen LogP) is 4.14. The maximum atomic E-state index is 12.7. The number of nitrogens with zero attached hydrogens (tertiary/aromatic N) is 3. The van der Waals surface area contributed by atoms with Crippen molar-refractivity contribution in [3.63, 3.8) is 0 Å². The lowest BCUT2D eigenvalue weighted by atomic mass is 10.2. The first-order valence-corrected chi connectivity index (χ1v) is 9.68. The summed E-state index contributed by atoms with van der Waals surface area (Å²) in [5, 5.41) is 4.59. The number of aromatic nitrogens is 2. The fraction of sp³-hybridized carbons (Fsp3) is 0.286. The van der Waals surface area contributed by atoms with Gasteiger partial charge in [0.05, 0.1) is 12.1 Å². The summed E-state index contributed by atoms with van der Waals surface area (Å²) in [6.07, 6.45) is 1.63. The third-order valence-corrected chi connectivity index (χ3v) is 5.17. The quantitative estimate of drug-likeness (QED) is 0.604. The van der Waals surface area contributed by atoms with E-state index in [0.717, 1.165) is 18.6 Å². The molecule has 1 fully saturated rings. The molecule has 1 atom stereocenters. The van der Waals surface area contributed by atoms with Crippen molar-refractivity contribution >= 4 is 17.5 Å². The maximum Gasteiger partial charge on any atom is 0.261 e. The summed E-state index contributed by atoms with van der Waals surface area (Å²) >= 11 is 6.21. The Kier molecular flexibility index (Phi) is 5.67. The zero-order valence-corrected chi connectivity index (χ0v) is 16.6. The molecule has 2 heterocycles. The summed E-state index contributed by atoms with van der Waals surface area (Å²) in [6.45, 7) is 0.563. The number of hydrogen-bond acceptors (Lipinski definition) is 6. The van der Waals surface area contributed by atoms with Crippen LogP contribution in [0.5, 0.6) is 11.5 Å². The van der Waals surface area contributed by atoms with E-state index >= 15 is 0 Å². The highest BCUT2D eigenvalue weighted by molar-refractivity contribution is 6.33. The normalized spacial score (nSPS) is 16.1. The molecule has 1 saturated heterocycles. The highest BCUT2D eigenvalue weighted by atomic mass is 35.5. The molecule has 0 spiro atoms. The van der Waals surface area contributed by atoms with Gasteiger partial charge >= 0.3 is 0 Å². The van der Waals surface area contributed by atoms with Gasteiger partial charge in [-0.05, 0) is 49.2 Å². The molecule has 0 saturated carbocycles. The van der Waals surface area contributed by atoms with Gasteiger partial charge in [0.2, 0.25) is 11.7 Å². The van der Waals surface area contributed by atoms with Crippen LogP contribution in [0.4, 0.5) is 0 Å². The van der Waals surface area contributed by atoms with Crippen LogP contribution >= 0.6 is 11.6 Å². The van der Waals surface area contributed by atoms with E-state index in [1.807, 2.05) is 18.2 Å². The lowest BCUT2D eigenvalue weighted by Gasteiger charge is -2.21. The number of hydrogen-bond donors (Lipinski definition) is 0. The monoisotopic (exact) mass is 413 g/mol. The van der Waals surface area contributed by atoms with Gasteiger partial charge in [0, 0.05) is 12.1 Å². The number of methoxy groups -OCH3 is 1. The second-order valence-electron chi connectivity index (χ2n) is 6.65. The molecule has 150 valence electrons. The van der Waals surface area contributed by atoms with Crippen molar-refractivity contribution < 1.29 is 18.8 Å². The van der Waals surface area contributed by atoms with Gasteiger partial charge in [0.1, 0.15) is 17.5 Å². The number of amides is 1. The van der Waals surface area contributed by atoms with Gasteiger partial charge in [-0.3, -0.25) is 4.79 Å². The third kappa shape index (κ3) is 4.19. The van der Waals surface area contributed by atoms with Crippen LogP contribution in [0, 0.1) is 0 Å². The van der Waals surface area contributed by atoms with E-state index in [2.05, 4.69) is 10.1 Å². The molecule has 0 radical (unpaired) electrons. The topological polar surface area (TPSA) is 77.7 Å². The summed E-state index contributed by atoms with van der Waals surface area (Å²) < 4.78 is 16.2. The summed E-state index contributed by atoms with van der Waals surface area (Å²) in [6, 6.07) is 14.1. The smallest absolute Gasteiger partial charge is 0.261 e. The second-order valence-corrected chi connectivity index (χ2v) is 7.05. The van der Waals surface area contributed by atoms with Crippen molar-refractivity contribution in [1.82, 2.24) is 15.0 Å². The zero-order valence-electron chi connectivity index (χ0n) is 15.9. The van der Waals surface area contributed by atoms with Crippen LogP contribution in [0.3, 0.4) is 0 Å². The molecule has 4 rings (SSSR count). The van der Waals surface area contributed by atoms with E-state index in [9.17, 15) is 4.79 Å². The molecule has 1 aromatic heterocycles. The Morgan fingerprint density at radius 2 is 1.97 bits per heavy atom. The minimum absolute atomic E-state index is 0.0612. The minimum Gasteiger partial charge on any atom is -0.497 e. The lowest BCUT2D eigenvalue weighted by molar-refractivity contribution is -0.134. The fourth-order valence-corrected chi connectivity index (χ4v) is 3.56. The van der Waals surface area contributed by atoms with Gasteiger partial charge in [-0.1, -0.05) is 28.9 Å². The second kappa shape index (κ2) is 8.53. The van der Waals surface area contributed by atoms with Gasteiger partial charge in [-0.25, -0.2) is 0 Å². The Labute approximate surface area is 173 Å². The first kappa shape index (κ1) is 19.3. The number of halogens is 1. The highest BCUT2D eigenvalue weighted by Gasteiger charge is 2.34. The average molecular weight is 414 g/mol. The number of rotatable bonds is 6. The van der Waals surface area contributed by atoms with Crippen LogP contribution in [-0.4, -0.2) is 41.2 Å². The number of carbonyl (C=O) groups is 1. The molecule has 1 aliphatic rings. The molecule has 2 aromatic carbocycles. The molecule has 1 unspecified atom stereocenters. The molecular weight excluding hydrogens is 394 g/mol. The zero-order chi connectivity index (χ0) is 20.2. The number of benzene rings is 2. The van der Waals surface area contributed by atoms with Crippen LogP contribution < -0.4 is 9.47 Å². The Morgan fingerprint density at radius 1 is 1.21 bits per heavy atom. The summed E-state index contributed by atoms with van der Waals surface area (Å²) in [5.41, 5.74) is 0.697. The van der Waals surface area contributed by atoms with Crippen molar-refractivity contribution in [2.24, 2.45) is 0 Å². The van der Waals surface area contributed by atoms with E-state index in [4.69, 9.17) is 25.6 Å². The molecule has 7 nitrogen and oxygen atoms in total. The first-order valence-electron chi connectivity index (χ1n) is 9.30. The Bertz CT molecular complexity index is 990. The van der Waals surface area contributed by atoms with Crippen LogP contribution in [0.2, 0.25) is 5.02 Å². The van der Waals surface area contributed by atoms with Crippen LogP contribution in [0.25, 0.3) is 11.4 Å². The Morgan fingerprint density at radius 3 is 2.72 bits per heavy atom. The molecular formula is C21H20ClN3O4. The van der Waals surface area contributed by atoms with Gasteiger partial charge in [-0.15, -0.1) is 0 Å². The predicted molar refractivity (Wildman–Crippen MR) is 107 cm³/mol. The minimum atomic E-state index is -0.259. The summed E-state index contributed by atoms with van der Waals surface area (Å²) in [5.74, 6) is 2.04. The molecule has 29 heavy (non-hydrogen) atoms. The van der Waals surface area contributed by atoms with E-state index in [1.54, 1.807) is 42.3 Å². The molecule has 0 bridgehead atoms. The van der Waals surface area contributed by atoms with Crippen molar-refractivity contribution in [3.8, 4) is 22.9 Å². The number of carbonyl (C=O) groups excluding carboxylic acids is 1. The summed E-state index contributed by atoms with van der Waals surface area (Å²) in [4.78, 5) is 18.9. The molecule has 0 N–H and O–H groups in total. The van der Waals surface area contributed by atoms with E-state index in [1.165, 1.54) is 0 Å². The van der Waals surface area contributed by atoms with Crippen LogP contribution in [0.1, 0.15) is 24.8 Å². The van der Waals surface area contributed by atoms with E-state index < -0.39 is 0 Å². The molecule has 8 heteroatoms. The lowest BCUT2D eigenvalue weighted by Crippen LogP contribution is -2.34. The first-order chi connectivity index (χ1) is 14.2. The van der Waals surface area contributed by atoms with Crippen molar-refractivity contribution in [3.05, 3.63) is 59.4 Å². The molecule has 1 amide bonds. The van der Waals surface area contributed by atoms with Crippen LogP contribution in [-0.2, 0) is 4.79 Å². The maximum absolute atomic E-state index is 12.7. The van der Waals surface area contributed by atoms with E-state index in [-0.39, 0.29) is 18.6 Å². The van der Waals surface area contributed by atoms with Gasteiger partial charge in [0.15, 0.2) is 6.61 Å². The molecule has 1 aliphatic heterocycles. The van der Waals surface area contributed by atoms with Crippen LogP contribution in [0.15, 0.2) is 53.1 Å². The van der Waals surface area contributed by atoms with Gasteiger partial charge < -0.3 is 18.9 Å². The van der Waals surface area contributed by atoms with Gasteiger partial charge in [0.25, 0.3) is 5.91 Å². The van der Waals surface area contributed by atoms with Crippen molar-refractivity contribution in [2.45, 2.75) is 18.9 Å². The molecule has 0 aliphatic carbocycles. The van der Waals surface area contributed by atoms with Crippen molar-refractivity contribution in [2.75, 3.05) is 20.3 Å². The van der Waals surface area contributed by atoms with Crippen molar-refractivity contribution in [1.29, 1.82) is 0 Å². The highest BCUT2D eigenvalue weighted by Crippen LogP contribution is 2.33. The Hall–Kier alpha value is -3.06. The average Bonchev–Trinajstić information content (AvgIpc) is 3.42. The Balaban J connectivity index is 1.43. The SMILES string of the molecule is COc1ccc(OCC(=O)N2CCCC2c2nc(-c3ccccc3Cl)no2)cc1. The largest absolute Gasteiger partial charge is 0.497 e. The number of likely N-dealkylation sites (tertiary alicyclic amines) is 1. The summed E-state index contributed by atoms with van der Waals surface area (Å²) in [7, 11) is 1.60.